The molecule has 0 fully saturated rings. The van der Waals surface area contributed by atoms with Crippen LogP contribution in [-0.4, -0.2) is 10.6 Å². The summed E-state index contributed by atoms with van der Waals surface area (Å²) in [7, 11) is 0. The number of benzene rings is 2. The van der Waals surface area contributed by atoms with Crippen LogP contribution in [0.4, 0.5) is 0 Å². The Morgan fingerprint density at radius 1 is 1.22 bits per heavy atom. The van der Waals surface area contributed by atoms with Crippen molar-refractivity contribution in [3.8, 4) is 0 Å². The Hall–Kier alpha value is -1.15. The van der Waals surface area contributed by atoms with E-state index in [0.29, 0.717) is 0 Å². The maximum Gasteiger partial charge on any atom is 0.177 e. The molecule has 18 heavy (non-hydrogen) atoms. The minimum Gasteiger partial charge on any atom is -0.293 e. The van der Waals surface area contributed by atoms with Gasteiger partial charge in [0.15, 0.2) is 5.78 Å². The second kappa shape index (κ2) is 4.51. The molecule has 0 bridgehead atoms. The Balaban J connectivity index is 2.24. The van der Waals surface area contributed by atoms with Crippen LogP contribution in [0, 0.1) is 0 Å². The van der Waals surface area contributed by atoms with Crippen molar-refractivity contribution >= 4 is 32.5 Å². The summed E-state index contributed by atoms with van der Waals surface area (Å²) >= 11 is 3.47. The molecule has 3 rings (SSSR count). The lowest BCUT2D eigenvalue weighted by molar-refractivity contribution is 0.0992. The summed E-state index contributed by atoms with van der Waals surface area (Å²) in [5.41, 5.74) is 3.64. The first-order chi connectivity index (χ1) is 8.72. The molecule has 0 amide bonds. The van der Waals surface area contributed by atoms with Crippen molar-refractivity contribution in [3.05, 3.63) is 47.0 Å². The maximum atomic E-state index is 12.4. The van der Waals surface area contributed by atoms with E-state index in [0.717, 1.165) is 30.2 Å². The van der Waals surface area contributed by atoms with E-state index in [1.165, 1.54) is 16.5 Å². The maximum absolute atomic E-state index is 12.4. The van der Waals surface area contributed by atoms with Crippen LogP contribution < -0.4 is 0 Å². The molecular weight excluding hydrogens is 288 g/mol. The molecule has 2 heteroatoms. The average Bonchev–Trinajstić information content (AvgIpc) is 2.83. The van der Waals surface area contributed by atoms with Crippen molar-refractivity contribution < 1.29 is 4.79 Å². The third-order valence-corrected chi connectivity index (χ3v) is 4.85. The Labute approximate surface area is 115 Å². The first-order valence-electron chi connectivity index (χ1n) is 6.44. The van der Waals surface area contributed by atoms with Crippen LogP contribution in [0.1, 0.15) is 34.8 Å². The number of carbonyl (C=O) groups excluding carboxylic acids is 1. The number of hydrogen-bond donors (Lipinski definition) is 0. The van der Waals surface area contributed by atoms with Gasteiger partial charge in [-0.05, 0) is 41.2 Å². The van der Waals surface area contributed by atoms with Gasteiger partial charge in [0, 0.05) is 5.56 Å². The van der Waals surface area contributed by atoms with Gasteiger partial charge in [-0.25, -0.2) is 0 Å². The van der Waals surface area contributed by atoms with Crippen LogP contribution in [0.5, 0.6) is 0 Å². The summed E-state index contributed by atoms with van der Waals surface area (Å²) in [6, 6.07) is 10.5. The van der Waals surface area contributed by atoms with Crippen LogP contribution in [0.2, 0.25) is 0 Å². The minimum absolute atomic E-state index is 0.0732. The summed E-state index contributed by atoms with van der Waals surface area (Å²) in [4.78, 5) is 12.3. The fraction of sp³-hybridized carbons (Fsp3) is 0.312. The van der Waals surface area contributed by atoms with Gasteiger partial charge in [-0.2, -0.15) is 0 Å². The smallest absolute Gasteiger partial charge is 0.177 e. The van der Waals surface area contributed by atoms with E-state index in [2.05, 4.69) is 40.2 Å². The largest absolute Gasteiger partial charge is 0.293 e. The quantitative estimate of drug-likeness (QED) is 0.610. The monoisotopic (exact) mass is 302 g/mol. The normalized spacial score (nSPS) is 15.0. The van der Waals surface area contributed by atoms with Gasteiger partial charge in [-0.3, -0.25) is 4.79 Å². The molecular formula is C16H15BrO. The lowest BCUT2D eigenvalue weighted by Crippen LogP contribution is -2.13. The SMILES string of the molecule is CCC(Br)C(=O)c1ccc2c3c(cccc13)CC2. The van der Waals surface area contributed by atoms with E-state index in [1.54, 1.807) is 0 Å². The number of ketones is 1. The standard InChI is InChI=1S/C16H15BrO/c1-2-14(17)16(18)13-9-8-11-7-6-10-4-3-5-12(13)15(10)11/h3-5,8-9,14H,2,6-7H2,1H3. The molecule has 2 aromatic rings. The molecule has 2 aromatic carbocycles. The van der Waals surface area contributed by atoms with Gasteiger partial charge in [-0.15, -0.1) is 0 Å². The molecule has 0 radical (unpaired) electrons. The number of aryl methyl sites for hydroxylation is 2. The molecule has 0 heterocycles. The van der Waals surface area contributed by atoms with Gasteiger partial charge in [0.05, 0.1) is 4.83 Å². The molecule has 0 spiro atoms. The summed E-state index contributed by atoms with van der Waals surface area (Å²) in [5, 5.41) is 2.45. The zero-order valence-electron chi connectivity index (χ0n) is 10.4. The van der Waals surface area contributed by atoms with E-state index in [1.807, 2.05) is 13.0 Å². The Morgan fingerprint density at radius 3 is 2.67 bits per heavy atom. The zero-order valence-corrected chi connectivity index (χ0v) is 12.0. The van der Waals surface area contributed by atoms with E-state index >= 15 is 0 Å². The summed E-state index contributed by atoms with van der Waals surface area (Å²) in [6.45, 7) is 2.03. The predicted molar refractivity (Wildman–Crippen MR) is 78.7 cm³/mol. The Morgan fingerprint density at radius 2 is 1.94 bits per heavy atom. The van der Waals surface area contributed by atoms with Crippen molar-refractivity contribution in [2.75, 3.05) is 0 Å². The first-order valence-corrected chi connectivity index (χ1v) is 7.35. The lowest BCUT2D eigenvalue weighted by Gasteiger charge is -2.10. The fourth-order valence-electron chi connectivity index (χ4n) is 2.82. The Bertz CT molecular complexity index is 620. The highest BCUT2D eigenvalue weighted by atomic mass is 79.9. The number of alkyl halides is 1. The fourth-order valence-corrected chi connectivity index (χ4v) is 3.06. The van der Waals surface area contributed by atoms with Gasteiger partial charge < -0.3 is 0 Å². The topological polar surface area (TPSA) is 17.1 Å². The number of halogens is 1. The van der Waals surface area contributed by atoms with Crippen LogP contribution in [-0.2, 0) is 12.8 Å². The van der Waals surface area contributed by atoms with E-state index < -0.39 is 0 Å². The first kappa shape index (κ1) is 11.9. The van der Waals surface area contributed by atoms with Crippen molar-refractivity contribution in [2.24, 2.45) is 0 Å². The van der Waals surface area contributed by atoms with Gasteiger partial charge in [0.25, 0.3) is 0 Å². The summed E-state index contributed by atoms with van der Waals surface area (Å²) in [5.74, 6) is 0.202. The van der Waals surface area contributed by atoms with Crippen LogP contribution in [0.15, 0.2) is 30.3 Å². The van der Waals surface area contributed by atoms with Crippen LogP contribution in [0.25, 0.3) is 10.8 Å². The summed E-state index contributed by atoms with van der Waals surface area (Å²) < 4.78 is 0. The molecule has 92 valence electrons. The van der Waals surface area contributed by atoms with Crippen LogP contribution in [0.3, 0.4) is 0 Å². The molecule has 1 unspecified atom stereocenters. The third-order valence-electron chi connectivity index (χ3n) is 3.79. The highest BCUT2D eigenvalue weighted by molar-refractivity contribution is 9.10. The van der Waals surface area contributed by atoms with E-state index in [-0.39, 0.29) is 10.6 Å². The molecule has 0 aliphatic heterocycles. The molecule has 0 saturated carbocycles. The number of rotatable bonds is 3. The molecule has 0 N–H and O–H groups in total. The van der Waals surface area contributed by atoms with Gasteiger partial charge in [0.2, 0.25) is 0 Å². The van der Waals surface area contributed by atoms with Crippen molar-refractivity contribution in [2.45, 2.75) is 31.0 Å². The summed E-state index contributed by atoms with van der Waals surface area (Å²) in [6.07, 6.45) is 3.04. The van der Waals surface area contributed by atoms with Crippen LogP contribution >= 0.6 is 15.9 Å². The lowest BCUT2D eigenvalue weighted by atomic mass is 9.96. The second-order valence-electron chi connectivity index (χ2n) is 4.85. The number of carbonyl (C=O) groups is 1. The van der Waals surface area contributed by atoms with Crippen molar-refractivity contribution in [1.82, 2.24) is 0 Å². The van der Waals surface area contributed by atoms with E-state index in [9.17, 15) is 4.79 Å². The van der Waals surface area contributed by atoms with Gasteiger partial charge in [0.1, 0.15) is 0 Å². The molecule has 1 atom stereocenters. The van der Waals surface area contributed by atoms with Crippen molar-refractivity contribution in [3.63, 3.8) is 0 Å². The predicted octanol–water partition coefficient (Wildman–Crippen LogP) is 4.29. The van der Waals surface area contributed by atoms with E-state index in [4.69, 9.17) is 0 Å². The van der Waals surface area contributed by atoms with Gasteiger partial charge in [-0.1, -0.05) is 53.2 Å². The minimum atomic E-state index is -0.0732. The third kappa shape index (κ3) is 1.71. The second-order valence-corrected chi connectivity index (χ2v) is 5.96. The Kier molecular flexibility index (Phi) is 2.98. The zero-order chi connectivity index (χ0) is 12.7. The molecule has 0 aromatic heterocycles. The highest BCUT2D eigenvalue weighted by Gasteiger charge is 2.21. The molecule has 1 aliphatic carbocycles. The van der Waals surface area contributed by atoms with Crippen molar-refractivity contribution in [1.29, 1.82) is 0 Å². The number of hydrogen-bond acceptors (Lipinski definition) is 1. The number of Topliss-reactive ketones (excluding diaryl/α,β-unsaturated/α-hetero) is 1. The van der Waals surface area contributed by atoms with Gasteiger partial charge >= 0.3 is 0 Å². The molecule has 0 saturated heterocycles. The average molecular weight is 303 g/mol. The molecule has 1 nitrogen and oxygen atoms in total. The molecule has 1 aliphatic rings. The highest BCUT2D eigenvalue weighted by Crippen LogP contribution is 2.33.